The molecule has 0 aliphatic carbocycles. The molecule has 0 saturated carbocycles. The third-order valence-corrected chi connectivity index (χ3v) is 2.63. The zero-order valence-corrected chi connectivity index (χ0v) is 11.6. The van der Waals surface area contributed by atoms with E-state index < -0.39 is 0 Å². The SMILES string of the molecule is CCCNc1cncc(C(=O)NCc2cnn(C)c2)n1. The maximum absolute atomic E-state index is 12.0. The van der Waals surface area contributed by atoms with E-state index >= 15 is 0 Å². The van der Waals surface area contributed by atoms with Crippen LogP contribution in [0, 0.1) is 0 Å². The fraction of sp³-hybridized carbons (Fsp3) is 0.385. The molecular formula is C13H18N6O. The second kappa shape index (κ2) is 6.65. The summed E-state index contributed by atoms with van der Waals surface area (Å²) in [5, 5.41) is 9.93. The van der Waals surface area contributed by atoms with Gasteiger partial charge in [0.15, 0.2) is 0 Å². The molecule has 0 atom stereocenters. The lowest BCUT2D eigenvalue weighted by Gasteiger charge is -2.06. The van der Waals surface area contributed by atoms with Gasteiger partial charge in [-0.25, -0.2) is 4.98 Å². The van der Waals surface area contributed by atoms with Crippen molar-refractivity contribution in [3.8, 4) is 0 Å². The fourth-order valence-electron chi connectivity index (χ4n) is 1.65. The zero-order chi connectivity index (χ0) is 14.4. The number of aromatic nitrogens is 4. The first kappa shape index (κ1) is 14.0. The van der Waals surface area contributed by atoms with Gasteiger partial charge in [0.2, 0.25) is 0 Å². The summed E-state index contributed by atoms with van der Waals surface area (Å²) in [6.45, 7) is 3.28. The van der Waals surface area contributed by atoms with E-state index in [-0.39, 0.29) is 5.91 Å². The molecule has 0 bridgehead atoms. The van der Waals surface area contributed by atoms with Gasteiger partial charge in [-0.15, -0.1) is 0 Å². The number of nitrogens with zero attached hydrogens (tertiary/aromatic N) is 4. The van der Waals surface area contributed by atoms with Gasteiger partial charge in [-0.05, 0) is 6.42 Å². The van der Waals surface area contributed by atoms with Gasteiger partial charge in [0, 0.05) is 31.9 Å². The van der Waals surface area contributed by atoms with E-state index in [4.69, 9.17) is 0 Å². The minimum Gasteiger partial charge on any atom is -0.369 e. The molecule has 0 unspecified atom stereocenters. The number of carbonyl (C=O) groups is 1. The molecular weight excluding hydrogens is 256 g/mol. The van der Waals surface area contributed by atoms with E-state index in [9.17, 15) is 4.79 Å². The Labute approximate surface area is 117 Å². The van der Waals surface area contributed by atoms with Crippen molar-refractivity contribution in [1.82, 2.24) is 25.1 Å². The Morgan fingerprint density at radius 1 is 1.35 bits per heavy atom. The van der Waals surface area contributed by atoms with Gasteiger partial charge < -0.3 is 10.6 Å². The monoisotopic (exact) mass is 274 g/mol. The molecule has 2 heterocycles. The summed E-state index contributed by atoms with van der Waals surface area (Å²) in [6, 6.07) is 0. The van der Waals surface area contributed by atoms with Crippen LogP contribution in [0.1, 0.15) is 29.4 Å². The summed E-state index contributed by atoms with van der Waals surface area (Å²) >= 11 is 0. The van der Waals surface area contributed by atoms with Gasteiger partial charge in [-0.3, -0.25) is 14.5 Å². The maximum Gasteiger partial charge on any atom is 0.271 e. The van der Waals surface area contributed by atoms with Gasteiger partial charge in [-0.2, -0.15) is 5.10 Å². The predicted molar refractivity (Wildman–Crippen MR) is 75.2 cm³/mol. The summed E-state index contributed by atoms with van der Waals surface area (Å²) in [7, 11) is 1.83. The fourth-order valence-corrected chi connectivity index (χ4v) is 1.65. The Bertz CT molecular complexity index is 580. The third kappa shape index (κ3) is 3.78. The number of amides is 1. The quantitative estimate of drug-likeness (QED) is 0.819. The standard InChI is InChI=1S/C13H18N6O/c1-3-4-15-12-8-14-7-11(18-12)13(20)16-5-10-6-17-19(2)9-10/h6-9H,3-5H2,1-2H3,(H,15,18)(H,16,20). The summed E-state index contributed by atoms with van der Waals surface area (Å²) < 4.78 is 1.69. The lowest BCUT2D eigenvalue weighted by Crippen LogP contribution is -2.24. The van der Waals surface area contributed by atoms with Crippen molar-refractivity contribution in [3.63, 3.8) is 0 Å². The Morgan fingerprint density at radius 2 is 2.20 bits per heavy atom. The summed E-state index contributed by atoms with van der Waals surface area (Å²) in [4.78, 5) is 20.2. The molecule has 1 amide bonds. The molecule has 2 N–H and O–H groups in total. The number of hydrogen-bond donors (Lipinski definition) is 2. The summed E-state index contributed by atoms with van der Waals surface area (Å²) in [5.41, 5.74) is 1.24. The van der Waals surface area contributed by atoms with Gasteiger partial charge in [-0.1, -0.05) is 6.92 Å². The Kier molecular flexibility index (Phi) is 4.65. The highest BCUT2D eigenvalue weighted by Crippen LogP contribution is 2.03. The number of hydrogen-bond acceptors (Lipinski definition) is 5. The van der Waals surface area contributed by atoms with E-state index in [1.165, 1.54) is 6.20 Å². The number of anilines is 1. The molecule has 2 aromatic heterocycles. The first-order chi connectivity index (χ1) is 9.69. The van der Waals surface area contributed by atoms with Gasteiger partial charge in [0.05, 0.1) is 18.6 Å². The number of nitrogens with one attached hydrogen (secondary N) is 2. The molecule has 0 radical (unpaired) electrons. The van der Waals surface area contributed by atoms with Crippen molar-refractivity contribution in [2.75, 3.05) is 11.9 Å². The Balaban J connectivity index is 1.94. The molecule has 7 heteroatoms. The van der Waals surface area contributed by atoms with Crippen LogP contribution in [0.4, 0.5) is 5.82 Å². The molecule has 0 aliphatic heterocycles. The molecule has 2 aromatic rings. The van der Waals surface area contributed by atoms with Gasteiger partial charge in [0.25, 0.3) is 5.91 Å². The number of aryl methyl sites for hydroxylation is 1. The smallest absolute Gasteiger partial charge is 0.271 e. The van der Waals surface area contributed by atoms with Crippen molar-refractivity contribution in [1.29, 1.82) is 0 Å². The van der Waals surface area contributed by atoms with Gasteiger partial charge in [0.1, 0.15) is 11.5 Å². The molecule has 0 spiro atoms. The van der Waals surface area contributed by atoms with E-state index in [0.717, 1.165) is 18.5 Å². The van der Waals surface area contributed by atoms with Crippen molar-refractivity contribution < 1.29 is 4.79 Å². The highest BCUT2D eigenvalue weighted by molar-refractivity contribution is 5.92. The zero-order valence-electron chi connectivity index (χ0n) is 11.6. The first-order valence-electron chi connectivity index (χ1n) is 6.50. The first-order valence-corrected chi connectivity index (χ1v) is 6.50. The molecule has 0 saturated heterocycles. The summed E-state index contributed by atoms with van der Waals surface area (Å²) in [6.07, 6.45) is 7.61. The van der Waals surface area contributed by atoms with E-state index in [1.54, 1.807) is 17.1 Å². The van der Waals surface area contributed by atoms with Crippen LogP contribution in [0.3, 0.4) is 0 Å². The third-order valence-electron chi connectivity index (χ3n) is 2.63. The van der Waals surface area contributed by atoms with Crippen LogP contribution in [0.2, 0.25) is 0 Å². The van der Waals surface area contributed by atoms with Gasteiger partial charge >= 0.3 is 0 Å². The van der Waals surface area contributed by atoms with Crippen LogP contribution >= 0.6 is 0 Å². The molecule has 2 rings (SSSR count). The molecule has 0 aromatic carbocycles. The van der Waals surface area contributed by atoms with Crippen LogP contribution in [0.15, 0.2) is 24.8 Å². The topological polar surface area (TPSA) is 84.7 Å². The molecule has 20 heavy (non-hydrogen) atoms. The maximum atomic E-state index is 12.0. The van der Waals surface area contributed by atoms with Crippen molar-refractivity contribution in [2.24, 2.45) is 7.05 Å². The van der Waals surface area contributed by atoms with Crippen LogP contribution < -0.4 is 10.6 Å². The lowest BCUT2D eigenvalue weighted by atomic mass is 10.3. The van der Waals surface area contributed by atoms with Crippen molar-refractivity contribution >= 4 is 11.7 Å². The van der Waals surface area contributed by atoms with E-state index in [0.29, 0.717) is 18.1 Å². The normalized spacial score (nSPS) is 10.3. The Hall–Kier alpha value is -2.44. The highest BCUT2D eigenvalue weighted by atomic mass is 16.1. The highest BCUT2D eigenvalue weighted by Gasteiger charge is 2.09. The number of carbonyl (C=O) groups excluding carboxylic acids is 1. The second-order valence-electron chi connectivity index (χ2n) is 4.42. The van der Waals surface area contributed by atoms with Crippen LogP contribution in [0.5, 0.6) is 0 Å². The number of rotatable bonds is 6. The molecule has 0 aliphatic rings. The van der Waals surface area contributed by atoms with Crippen molar-refractivity contribution in [3.05, 3.63) is 36.0 Å². The average molecular weight is 274 g/mol. The van der Waals surface area contributed by atoms with E-state index in [1.807, 2.05) is 13.2 Å². The minimum absolute atomic E-state index is 0.249. The van der Waals surface area contributed by atoms with Crippen LogP contribution in [-0.4, -0.2) is 32.2 Å². The second-order valence-corrected chi connectivity index (χ2v) is 4.42. The minimum atomic E-state index is -0.249. The molecule has 106 valence electrons. The lowest BCUT2D eigenvalue weighted by molar-refractivity contribution is 0.0945. The van der Waals surface area contributed by atoms with Crippen LogP contribution in [0.25, 0.3) is 0 Å². The largest absolute Gasteiger partial charge is 0.369 e. The average Bonchev–Trinajstić information content (AvgIpc) is 2.88. The summed E-state index contributed by atoms with van der Waals surface area (Å²) in [5.74, 6) is 0.363. The molecule has 0 fully saturated rings. The molecule has 7 nitrogen and oxygen atoms in total. The van der Waals surface area contributed by atoms with E-state index in [2.05, 4.69) is 32.6 Å². The predicted octanol–water partition coefficient (Wildman–Crippen LogP) is 0.962. The Morgan fingerprint density at radius 3 is 2.90 bits per heavy atom. The van der Waals surface area contributed by atoms with Crippen molar-refractivity contribution in [2.45, 2.75) is 19.9 Å². The van der Waals surface area contributed by atoms with Crippen LogP contribution in [-0.2, 0) is 13.6 Å².